The van der Waals surface area contributed by atoms with Gasteiger partial charge in [-0.05, 0) is 54.2 Å². The average molecular weight is 345 g/mol. The van der Waals surface area contributed by atoms with Crippen LogP contribution >= 0.6 is 0 Å². The minimum absolute atomic E-state index is 0.633. The molecule has 1 aliphatic carbocycles. The van der Waals surface area contributed by atoms with Gasteiger partial charge in [-0.3, -0.25) is 0 Å². The van der Waals surface area contributed by atoms with Crippen LogP contribution < -0.4 is 0 Å². The van der Waals surface area contributed by atoms with Gasteiger partial charge in [0.05, 0.1) is 5.60 Å². The molecule has 0 aliphatic heterocycles. The van der Waals surface area contributed by atoms with Crippen LogP contribution in [0.1, 0.15) is 66.4 Å². The highest BCUT2D eigenvalue weighted by Crippen LogP contribution is 2.45. The molecule has 0 atom stereocenters. The van der Waals surface area contributed by atoms with Crippen molar-refractivity contribution in [2.45, 2.75) is 83.0 Å². The summed E-state index contributed by atoms with van der Waals surface area (Å²) < 4.78 is 2.54. The largest absolute Gasteiger partial charge is 0.385 e. The van der Waals surface area contributed by atoms with Gasteiger partial charge in [-0.1, -0.05) is 41.5 Å². The molecule has 0 saturated heterocycles. The second-order valence-corrected chi connectivity index (χ2v) is 14.3. The van der Waals surface area contributed by atoms with Crippen LogP contribution in [0.2, 0.25) is 16.6 Å². The highest BCUT2D eigenvalue weighted by atomic mass is 28.3. The van der Waals surface area contributed by atoms with Crippen molar-refractivity contribution in [3.05, 3.63) is 30.1 Å². The van der Waals surface area contributed by atoms with Crippen LogP contribution in [0.25, 0.3) is 11.0 Å². The molecular formula is C20H32N2OSi. The summed E-state index contributed by atoms with van der Waals surface area (Å²) in [6.07, 6.45) is 7.02. The van der Waals surface area contributed by atoms with Gasteiger partial charge in [-0.15, -0.1) is 0 Å². The highest BCUT2D eigenvalue weighted by molar-refractivity contribution is 6.82. The van der Waals surface area contributed by atoms with E-state index in [2.05, 4.69) is 64.1 Å². The monoisotopic (exact) mass is 344 g/mol. The summed E-state index contributed by atoms with van der Waals surface area (Å²) in [5.41, 5.74) is 3.39. The van der Waals surface area contributed by atoms with E-state index in [4.69, 9.17) is 4.98 Å². The molecule has 0 unspecified atom stereocenters. The van der Waals surface area contributed by atoms with Gasteiger partial charge in [0.2, 0.25) is 0 Å². The topological polar surface area (TPSA) is 38.0 Å². The molecule has 4 heteroatoms. The first-order valence-corrected chi connectivity index (χ1v) is 11.6. The van der Waals surface area contributed by atoms with Crippen molar-refractivity contribution in [2.75, 3.05) is 0 Å². The fourth-order valence-electron chi connectivity index (χ4n) is 5.23. The van der Waals surface area contributed by atoms with Gasteiger partial charge in [0, 0.05) is 17.1 Å². The molecule has 0 amide bonds. The SMILES string of the molecule is CC(C)[Si](C(C)C)(C(C)C)n1ccc2cc(C3(O)CCC3)cnc21. The van der Waals surface area contributed by atoms with E-state index in [0.29, 0.717) is 16.6 Å². The van der Waals surface area contributed by atoms with E-state index < -0.39 is 13.8 Å². The summed E-state index contributed by atoms with van der Waals surface area (Å²) in [5.74, 6) is 0. The van der Waals surface area contributed by atoms with Crippen molar-refractivity contribution in [3.63, 3.8) is 0 Å². The Morgan fingerprint density at radius 3 is 2.12 bits per heavy atom. The molecular weight excluding hydrogens is 312 g/mol. The number of fused-ring (bicyclic) bond motifs is 1. The molecule has 3 rings (SSSR count). The van der Waals surface area contributed by atoms with Gasteiger partial charge < -0.3 is 9.34 Å². The molecule has 132 valence electrons. The fraction of sp³-hybridized carbons (Fsp3) is 0.650. The number of aromatic nitrogens is 2. The lowest BCUT2D eigenvalue weighted by atomic mass is 9.75. The predicted octanol–water partition coefficient (Wildman–Crippen LogP) is 5.43. The standard InChI is InChI=1S/C20H32N2OSi/c1-14(2)24(15(3)4,16(5)6)22-11-8-17-12-18(13-21-19(17)22)20(23)9-7-10-20/h8,11-16,23H,7,9-10H2,1-6H3. The van der Waals surface area contributed by atoms with Crippen LogP contribution in [0, 0.1) is 0 Å². The van der Waals surface area contributed by atoms with E-state index in [1.165, 1.54) is 5.39 Å². The highest BCUT2D eigenvalue weighted by Gasteiger charge is 2.46. The number of aliphatic hydroxyl groups is 1. The Bertz CT molecular complexity index is 707. The first kappa shape index (κ1) is 17.7. The summed E-state index contributed by atoms with van der Waals surface area (Å²) in [4.78, 5) is 4.84. The molecule has 2 aromatic rings. The molecule has 24 heavy (non-hydrogen) atoms. The Labute approximate surface area is 147 Å². The molecule has 2 heterocycles. The van der Waals surface area contributed by atoms with Crippen LogP contribution in [-0.2, 0) is 5.60 Å². The van der Waals surface area contributed by atoms with Crippen molar-refractivity contribution in [1.82, 2.24) is 9.22 Å². The second-order valence-electron chi connectivity index (χ2n) is 8.56. The lowest BCUT2D eigenvalue weighted by Crippen LogP contribution is -2.51. The third-order valence-electron chi connectivity index (χ3n) is 6.44. The zero-order chi connectivity index (χ0) is 17.7. The molecule has 0 bridgehead atoms. The second kappa shape index (κ2) is 5.99. The van der Waals surface area contributed by atoms with Gasteiger partial charge in [0.15, 0.2) is 8.24 Å². The zero-order valence-corrected chi connectivity index (χ0v) is 17.0. The number of pyridine rings is 1. The Kier molecular flexibility index (Phi) is 4.41. The van der Waals surface area contributed by atoms with Gasteiger partial charge >= 0.3 is 0 Å². The van der Waals surface area contributed by atoms with Crippen LogP contribution in [0.3, 0.4) is 0 Å². The molecule has 0 radical (unpaired) electrons. The maximum Gasteiger partial charge on any atom is 0.171 e. The van der Waals surface area contributed by atoms with E-state index >= 15 is 0 Å². The fourth-order valence-corrected chi connectivity index (χ4v) is 11.8. The molecule has 0 spiro atoms. The Morgan fingerprint density at radius 1 is 1.08 bits per heavy atom. The Balaban J connectivity index is 2.15. The third kappa shape index (κ3) is 2.38. The first-order valence-electron chi connectivity index (χ1n) is 9.44. The van der Waals surface area contributed by atoms with Crippen LogP contribution in [-0.4, -0.2) is 22.6 Å². The summed E-state index contributed by atoms with van der Waals surface area (Å²) in [7, 11) is -1.78. The minimum atomic E-state index is -1.78. The maximum atomic E-state index is 10.6. The molecule has 3 nitrogen and oxygen atoms in total. The Hall–Kier alpha value is -1.13. The summed E-state index contributed by atoms with van der Waals surface area (Å²) >= 11 is 0. The van der Waals surface area contributed by atoms with Gasteiger partial charge in [0.25, 0.3) is 0 Å². The number of hydrogen-bond donors (Lipinski definition) is 1. The summed E-state index contributed by atoms with van der Waals surface area (Å²) in [5, 5.41) is 11.8. The van der Waals surface area contributed by atoms with Crippen LogP contribution in [0.15, 0.2) is 24.5 Å². The lowest BCUT2D eigenvalue weighted by molar-refractivity contribution is -0.0389. The van der Waals surface area contributed by atoms with E-state index in [1.807, 2.05) is 6.20 Å². The van der Waals surface area contributed by atoms with Crippen molar-refractivity contribution < 1.29 is 5.11 Å². The normalized spacial score (nSPS) is 17.9. The smallest absolute Gasteiger partial charge is 0.171 e. The number of rotatable bonds is 5. The minimum Gasteiger partial charge on any atom is -0.385 e. The quantitative estimate of drug-likeness (QED) is 0.734. The van der Waals surface area contributed by atoms with Gasteiger partial charge in [-0.2, -0.15) is 0 Å². The summed E-state index contributed by atoms with van der Waals surface area (Å²) in [6, 6.07) is 4.36. The van der Waals surface area contributed by atoms with Gasteiger partial charge in [-0.25, -0.2) is 4.98 Å². The number of hydrogen-bond acceptors (Lipinski definition) is 2. The first-order chi connectivity index (χ1) is 11.2. The number of nitrogens with zero attached hydrogens (tertiary/aromatic N) is 2. The van der Waals surface area contributed by atoms with Crippen molar-refractivity contribution in [1.29, 1.82) is 0 Å². The van der Waals surface area contributed by atoms with E-state index in [9.17, 15) is 5.11 Å². The molecule has 1 N–H and O–H groups in total. The van der Waals surface area contributed by atoms with E-state index in [-0.39, 0.29) is 0 Å². The predicted molar refractivity (Wildman–Crippen MR) is 104 cm³/mol. The maximum absolute atomic E-state index is 10.6. The molecule has 1 fully saturated rings. The molecule has 0 aromatic carbocycles. The van der Waals surface area contributed by atoms with Crippen molar-refractivity contribution in [2.24, 2.45) is 0 Å². The van der Waals surface area contributed by atoms with Crippen molar-refractivity contribution in [3.8, 4) is 0 Å². The van der Waals surface area contributed by atoms with E-state index in [0.717, 1.165) is 30.5 Å². The molecule has 2 aromatic heterocycles. The van der Waals surface area contributed by atoms with Crippen molar-refractivity contribution >= 4 is 19.3 Å². The van der Waals surface area contributed by atoms with Crippen LogP contribution in [0.4, 0.5) is 0 Å². The van der Waals surface area contributed by atoms with Gasteiger partial charge in [0.1, 0.15) is 5.65 Å². The molecule has 1 saturated carbocycles. The molecule has 1 aliphatic rings. The lowest BCUT2D eigenvalue weighted by Gasteiger charge is -2.44. The van der Waals surface area contributed by atoms with Crippen LogP contribution in [0.5, 0.6) is 0 Å². The third-order valence-corrected chi connectivity index (χ3v) is 13.2. The zero-order valence-electron chi connectivity index (χ0n) is 16.0. The average Bonchev–Trinajstić information content (AvgIpc) is 2.88. The Morgan fingerprint density at radius 2 is 1.67 bits per heavy atom. The summed E-state index contributed by atoms with van der Waals surface area (Å²) in [6.45, 7) is 14.3. The van der Waals surface area contributed by atoms with E-state index in [1.54, 1.807) is 0 Å².